The maximum Gasteiger partial charge on any atom is 0.337 e. The van der Waals surface area contributed by atoms with Gasteiger partial charge in [0.15, 0.2) is 11.4 Å². The van der Waals surface area contributed by atoms with Crippen molar-refractivity contribution in [1.82, 2.24) is 19.4 Å². The Bertz CT molecular complexity index is 1010. The van der Waals surface area contributed by atoms with Gasteiger partial charge in [-0.3, -0.25) is 9.36 Å². The highest BCUT2D eigenvalue weighted by Crippen LogP contribution is 2.22. The number of aromatic nitrogens is 3. The number of amides is 1. The number of hydrogen-bond donors (Lipinski definition) is 2. The Morgan fingerprint density at radius 2 is 2.29 bits per heavy atom. The molecule has 28 heavy (non-hydrogen) atoms. The van der Waals surface area contributed by atoms with Crippen LogP contribution in [0.3, 0.4) is 0 Å². The number of aryl methyl sites for hydroxylation is 1. The lowest BCUT2D eigenvalue weighted by molar-refractivity contribution is 0.0678. The third-order valence-corrected chi connectivity index (χ3v) is 4.92. The quantitative estimate of drug-likeness (QED) is 0.696. The normalized spacial score (nSPS) is 17.0. The summed E-state index contributed by atoms with van der Waals surface area (Å²) in [7, 11) is 0. The number of nitrogens with one attached hydrogen (secondary N) is 1. The number of anilines is 1. The predicted octanol–water partition coefficient (Wildman–Crippen LogP) is 2.46. The van der Waals surface area contributed by atoms with Crippen LogP contribution in [0, 0.1) is 0 Å². The average Bonchev–Trinajstić information content (AvgIpc) is 3.34. The van der Waals surface area contributed by atoms with Crippen molar-refractivity contribution in [3.63, 3.8) is 0 Å². The highest BCUT2D eigenvalue weighted by Gasteiger charge is 2.27. The number of carboxylic acid groups (broad SMARTS) is 1. The van der Waals surface area contributed by atoms with Crippen LogP contribution < -0.4 is 5.32 Å². The van der Waals surface area contributed by atoms with Crippen molar-refractivity contribution in [2.45, 2.75) is 32.4 Å². The number of carbonyl (C=O) groups is 2. The highest BCUT2D eigenvalue weighted by molar-refractivity contribution is 5.92. The SMILES string of the molecule is CCn1c(NC2CCCN(C(=O)c3ccco3)C2)nc2cc(C(=O)O)cnc21. The van der Waals surface area contributed by atoms with Crippen molar-refractivity contribution in [2.75, 3.05) is 18.4 Å². The van der Waals surface area contributed by atoms with Gasteiger partial charge in [0.25, 0.3) is 5.91 Å². The summed E-state index contributed by atoms with van der Waals surface area (Å²) in [5.74, 6) is -0.181. The second kappa shape index (κ2) is 7.34. The number of fused-ring (bicyclic) bond motifs is 1. The van der Waals surface area contributed by atoms with Crippen LogP contribution in [-0.4, -0.2) is 55.5 Å². The Kier molecular flexibility index (Phi) is 4.72. The topological polar surface area (TPSA) is 113 Å². The van der Waals surface area contributed by atoms with Gasteiger partial charge in [-0.1, -0.05) is 0 Å². The van der Waals surface area contributed by atoms with E-state index < -0.39 is 5.97 Å². The third kappa shape index (κ3) is 3.30. The lowest BCUT2D eigenvalue weighted by atomic mass is 10.1. The van der Waals surface area contributed by atoms with Gasteiger partial charge in [0.1, 0.15) is 5.52 Å². The lowest BCUT2D eigenvalue weighted by Gasteiger charge is -2.33. The van der Waals surface area contributed by atoms with Crippen LogP contribution in [-0.2, 0) is 6.54 Å². The fourth-order valence-corrected chi connectivity index (χ4v) is 3.56. The number of nitrogens with zero attached hydrogens (tertiary/aromatic N) is 4. The molecule has 3 aromatic heterocycles. The second-order valence-electron chi connectivity index (χ2n) is 6.76. The maximum atomic E-state index is 12.5. The Morgan fingerprint density at radius 1 is 1.43 bits per heavy atom. The smallest absolute Gasteiger partial charge is 0.337 e. The molecule has 0 radical (unpaired) electrons. The number of pyridine rings is 1. The van der Waals surface area contributed by atoms with E-state index in [1.807, 2.05) is 11.5 Å². The second-order valence-corrected chi connectivity index (χ2v) is 6.76. The van der Waals surface area contributed by atoms with E-state index in [-0.39, 0.29) is 17.5 Å². The Balaban J connectivity index is 1.55. The van der Waals surface area contributed by atoms with Gasteiger partial charge in [0, 0.05) is 31.9 Å². The molecule has 1 aliphatic heterocycles. The van der Waals surface area contributed by atoms with Crippen LogP contribution >= 0.6 is 0 Å². The van der Waals surface area contributed by atoms with Gasteiger partial charge in [-0.25, -0.2) is 14.8 Å². The summed E-state index contributed by atoms with van der Waals surface area (Å²) < 4.78 is 7.14. The number of likely N-dealkylation sites (tertiary alicyclic amines) is 1. The number of furan rings is 1. The molecule has 0 saturated carbocycles. The van der Waals surface area contributed by atoms with Gasteiger partial charge in [0.05, 0.1) is 11.8 Å². The molecule has 2 N–H and O–H groups in total. The van der Waals surface area contributed by atoms with Crippen LogP contribution in [0.4, 0.5) is 5.95 Å². The number of hydrogen-bond acceptors (Lipinski definition) is 6. The molecule has 4 heterocycles. The fraction of sp³-hybridized carbons (Fsp3) is 0.368. The molecular weight excluding hydrogens is 362 g/mol. The van der Waals surface area contributed by atoms with Gasteiger partial charge in [0.2, 0.25) is 5.95 Å². The summed E-state index contributed by atoms with van der Waals surface area (Å²) in [5, 5.41) is 12.6. The summed E-state index contributed by atoms with van der Waals surface area (Å²) in [6.45, 7) is 3.85. The molecule has 1 atom stereocenters. The minimum atomic E-state index is -1.03. The summed E-state index contributed by atoms with van der Waals surface area (Å²) in [6.07, 6.45) is 4.61. The molecule has 1 unspecified atom stereocenters. The summed E-state index contributed by atoms with van der Waals surface area (Å²) in [4.78, 5) is 34.3. The van der Waals surface area contributed by atoms with Gasteiger partial charge < -0.3 is 19.7 Å². The van der Waals surface area contributed by atoms with Crippen molar-refractivity contribution in [3.05, 3.63) is 42.0 Å². The first-order valence-corrected chi connectivity index (χ1v) is 9.25. The molecule has 1 saturated heterocycles. The molecule has 0 bridgehead atoms. The molecule has 1 fully saturated rings. The van der Waals surface area contributed by atoms with Crippen molar-refractivity contribution in [1.29, 1.82) is 0 Å². The number of carbonyl (C=O) groups excluding carboxylic acids is 1. The van der Waals surface area contributed by atoms with E-state index in [2.05, 4.69) is 15.3 Å². The first-order valence-electron chi connectivity index (χ1n) is 9.25. The summed E-state index contributed by atoms with van der Waals surface area (Å²) in [6, 6.07) is 4.93. The van der Waals surface area contributed by atoms with E-state index in [4.69, 9.17) is 9.52 Å². The number of rotatable bonds is 5. The largest absolute Gasteiger partial charge is 0.478 e. The monoisotopic (exact) mass is 383 g/mol. The van der Waals surface area contributed by atoms with Crippen molar-refractivity contribution in [2.24, 2.45) is 0 Å². The molecule has 3 aromatic rings. The molecule has 0 aromatic carbocycles. The molecule has 9 heteroatoms. The number of piperidine rings is 1. The zero-order valence-corrected chi connectivity index (χ0v) is 15.5. The van der Waals surface area contributed by atoms with Crippen molar-refractivity contribution in [3.8, 4) is 0 Å². The van der Waals surface area contributed by atoms with Crippen LogP contribution in [0.15, 0.2) is 35.1 Å². The Hall–Kier alpha value is -3.36. The van der Waals surface area contributed by atoms with Crippen LogP contribution in [0.5, 0.6) is 0 Å². The number of imidazole rings is 1. The molecular formula is C19H21N5O4. The number of carboxylic acids is 1. The Morgan fingerprint density at radius 3 is 3.00 bits per heavy atom. The zero-order valence-electron chi connectivity index (χ0n) is 15.5. The van der Waals surface area contributed by atoms with E-state index >= 15 is 0 Å². The molecule has 1 amide bonds. The van der Waals surface area contributed by atoms with E-state index in [1.165, 1.54) is 18.5 Å². The summed E-state index contributed by atoms with van der Waals surface area (Å²) >= 11 is 0. The average molecular weight is 383 g/mol. The van der Waals surface area contributed by atoms with Crippen molar-refractivity contribution < 1.29 is 19.1 Å². The van der Waals surface area contributed by atoms with E-state index in [1.54, 1.807) is 17.0 Å². The summed E-state index contributed by atoms with van der Waals surface area (Å²) in [5.41, 5.74) is 1.27. The minimum absolute atomic E-state index is 0.0359. The highest BCUT2D eigenvalue weighted by atomic mass is 16.4. The Labute approximate surface area is 161 Å². The maximum absolute atomic E-state index is 12.5. The van der Waals surface area contributed by atoms with E-state index in [0.29, 0.717) is 42.5 Å². The standard InChI is InChI=1S/C19H21N5O4/c1-2-24-16-14(9-12(10-20-16)18(26)27)22-19(24)21-13-5-3-7-23(11-13)17(25)15-6-4-8-28-15/h4,6,8-10,13H,2-3,5,7,11H2,1H3,(H,21,22)(H,26,27). The lowest BCUT2D eigenvalue weighted by Crippen LogP contribution is -2.45. The zero-order chi connectivity index (χ0) is 19.7. The molecule has 0 spiro atoms. The molecule has 0 aliphatic carbocycles. The van der Waals surface area contributed by atoms with Gasteiger partial charge >= 0.3 is 5.97 Å². The number of aromatic carboxylic acids is 1. The molecule has 9 nitrogen and oxygen atoms in total. The van der Waals surface area contributed by atoms with E-state index in [9.17, 15) is 9.59 Å². The molecule has 146 valence electrons. The van der Waals surface area contributed by atoms with Gasteiger partial charge in [-0.15, -0.1) is 0 Å². The van der Waals surface area contributed by atoms with Crippen LogP contribution in [0.1, 0.15) is 40.7 Å². The molecule has 4 rings (SSSR count). The van der Waals surface area contributed by atoms with E-state index in [0.717, 1.165) is 12.8 Å². The fourth-order valence-electron chi connectivity index (χ4n) is 3.56. The third-order valence-electron chi connectivity index (χ3n) is 4.92. The van der Waals surface area contributed by atoms with Crippen LogP contribution in [0.2, 0.25) is 0 Å². The molecule has 1 aliphatic rings. The van der Waals surface area contributed by atoms with Gasteiger partial charge in [-0.05, 0) is 38.0 Å². The van der Waals surface area contributed by atoms with Gasteiger partial charge in [-0.2, -0.15) is 0 Å². The van der Waals surface area contributed by atoms with Crippen LogP contribution in [0.25, 0.3) is 11.2 Å². The predicted molar refractivity (Wildman–Crippen MR) is 101 cm³/mol. The van der Waals surface area contributed by atoms with Crippen molar-refractivity contribution >= 4 is 29.0 Å². The minimum Gasteiger partial charge on any atom is -0.478 e. The first-order chi connectivity index (χ1) is 13.6. The first kappa shape index (κ1) is 18.0.